The Morgan fingerprint density at radius 2 is 1.86 bits per heavy atom. The average molecular weight is 199 g/mol. The Labute approximate surface area is 88.2 Å². The number of hydrogen-bond acceptors (Lipinski definition) is 2. The highest BCUT2D eigenvalue weighted by molar-refractivity contribution is 4.78. The molecule has 0 heterocycles. The second-order valence-corrected chi connectivity index (χ2v) is 5.23. The van der Waals surface area contributed by atoms with Crippen molar-refractivity contribution in [3.63, 3.8) is 0 Å². The van der Waals surface area contributed by atoms with E-state index in [1.165, 1.54) is 25.7 Å². The summed E-state index contributed by atoms with van der Waals surface area (Å²) in [7, 11) is 0. The lowest BCUT2D eigenvalue weighted by Crippen LogP contribution is -2.26. The molecule has 0 aromatic heterocycles. The number of nitrogens with two attached hydrogens (primary N) is 1. The molecule has 1 saturated carbocycles. The number of hydrogen-bond donors (Lipinski definition) is 1. The Hall–Kier alpha value is -0.0800. The van der Waals surface area contributed by atoms with Gasteiger partial charge >= 0.3 is 0 Å². The van der Waals surface area contributed by atoms with E-state index in [2.05, 4.69) is 13.8 Å². The molecule has 2 nitrogen and oxygen atoms in total. The molecule has 0 amide bonds. The van der Waals surface area contributed by atoms with Crippen LogP contribution in [0.1, 0.15) is 52.4 Å². The Morgan fingerprint density at radius 1 is 1.21 bits per heavy atom. The molecular weight excluding hydrogens is 174 g/mol. The molecule has 1 rings (SSSR count). The van der Waals surface area contributed by atoms with Crippen molar-refractivity contribution in [2.75, 3.05) is 13.2 Å². The smallest absolute Gasteiger partial charge is 0.0575 e. The topological polar surface area (TPSA) is 35.2 Å². The summed E-state index contributed by atoms with van der Waals surface area (Å²) in [6, 6.07) is 0. The van der Waals surface area contributed by atoms with Gasteiger partial charge in [-0.15, -0.1) is 0 Å². The van der Waals surface area contributed by atoms with E-state index < -0.39 is 0 Å². The molecule has 14 heavy (non-hydrogen) atoms. The van der Waals surface area contributed by atoms with Crippen LogP contribution >= 0.6 is 0 Å². The van der Waals surface area contributed by atoms with Crippen LogP contribution in [0, 0.1) is 5.41 Å². The Morgan fingerprint density at radius 3 is 2.43 bits per heavy atom. The van der Waals surface area contributed by atoms with Crippen LogP contribution in [0.15, 0.2) is 0 Å². The van der Waals surface area contributed by atoms with E-state index in [1.807, 2.05) is 0 Å². The van der Waals surface area contributed by atoms with Gasteiger partial charge in [0.25, 0.3) is 0 Å². The molecule has 0 spiro atoms. The predicted octanol–water partition coefficient (Wildman–Crippen LogP) is 2.71. The van der Waals surface area contributed by atoms with E-state index in [4.69, 9.17) is 10.5 Å². The van der Waals surface area contributed by atoms with Crippen LogP contribution in [0.3, 0.4) is 0 Å². The monoisotopic (exact) mass is 199 g/mol. The zero-order valence-electron chi connectivity index (χ0n) is 9.72. The van der Waals surface area contributed by atoms with Crippen molar-refractivity contribution >= 4 is 0 Å². The minimum absolute atomic E-state index is 0.529. The second kappa shape index (κ2) is 5.72. The molecule has 0 unspecified atom stereocenters. The highest BCUT2D eigenvalue weighted by Gasteiger charge is 2.26. The highest BCUT2D eigenvalue weighted by Crippen LogP contribution is 2.36. The first-order chi connectivity index (χ1) is 6.64. The van der Waals surface area contributed by atoms with Gasteiger partial charge in [-0.1, -0.05) is 13.8 Å². The highest BCUT2D eigenvalue weighted by atomic mass is 16.5. The Bertz CT molecular complexity index is 146. The van der Waals surface area contributed by atoms with Gasteiger partial charge in [-0.2, -0.15) is 0 Å². The largest absolute Gasteiger partial charge is 0.378 e. The summed E-state index contributed by atoms with van der Waals surface area (Å²) in [4.78, 5) is 0. The Balaban J connectivity index is 2.04. The van der Waals surface area contributed by atoms with Crippen molar-refractivity contribution in [2.24, 2.45) is 11.1 Å². The number of rotatable bonds is 5. The van der Waals surface area contributed by atoms with E-state index in [1.54, 1.807) is 0 Å². The number of ether oxygens (including phenoxy) is 1. The van der Waals surface area contributed by atoms with Crippen LogP contribution < -0.4 is 5.73 Å². The molecule has 2 N–H and O–H groups in total. The van der Waals surface area contributed by atoms with E-state index in [0.717, 1.165) is 26.0 Å². The first-order valence-electron chi connectivity index (χ1n) is 5.96. The van der Waals surface area contributed by atoms with Crippen molar-refractivity contribution in [1.29, 1.82) is 0 Å². The first-order valence-corrected chi connectivity index (χ1v) is 5.96. The molecule has 0 aromatic rings. The minimum atomic E-state index is 0.529. The lowest BCUT2D eigenvalue weighted by atomic mass is 9.76. The Kier molecular flexibility index (Phi) is 4.90. The lowest BCUT2D eigenvalue weighted by Gasteiger charge is -2.34. The van der Waals surface area contributed by atoms with Gasteiger partial charge in [-0.3, -0.25) is 0 Å². The van der Waals surface area contributed by atoms with Crippen LogP contribution in [-0.2, 0) is 4.74 Å². The molecule has 84 valence electrons. The second-order valence-electron chi connectivity index (χ2n) is 5.23. The minimum Gasteiger partial charge on any atom is -0.378 e. The molecule has 1 aliphatic carbocycles. The number of unbranched alkanes of at least 4 members (excludes halogenated alkanes) is 1. The quantitative estimate of drug-likeness (QED) is 0.691. The van der Waals surface area contributed by atoms with Crippen molar-refractivity contribution in [3.8, 4) is 0 Å². The van der Waals surface area contributed by atoms with Gasteiger partial charge in [0.05, 0.1) is 6.10 Å². The molecule has 1 aliphatic rings. The molecule has 0 bridgehead atoms. The fraction of sp³-hybridized carbons (Fsp3) is 1.00. The summed E-state index contributed by atoms with van der Waals surface area (Å²) < 4.78 is 5.82. The first kappa shape index (κ1) is 12.0. The zero-order valence-corrected chi connectivity index (χ0v) is 9.72. The molecule has 0 aromatic carbocycles. The van der Waals surface area contributed by atoms with Gasteiger partial charge in [0.15, 0.2) is 0 Å². The van der Waals surface area contributed by atoms with Crippen molar-refractivity contribution < 1.29 is 4.74 Å². The van der Waals surface area contributed by atoms with Crippen molar-refractivity contribution in [2.45, 2.75) is 58.5 Å². The lowest BCUT2D eigenvalue weighted by molar-refractivity contribution is 0.00306. The molecular formula is C12H25NO. The van der Waals surface area contributed by atoms with Gasteiger partial charge in [0, 0.05) is 6.61 Å². The van der Waals surface area contributed by atoms with Crippen LogP contribution in [0.4, 0.5) is 0 Å². The van der Waals surface area contributed by atoms with Crippen molar-refractivity contribution in [1.82, 2.24) is 0 Å². The molecule has 1 fully saturated rings. The summed E-state index contributed by atoms with van der Waals surface area (Å²) >= 11 is 0. The molecule has 0 saturated heterocycles. The van der Waals surface area contributed by atoms with Gasteiger partial charge in [0.2, 0.25) is 0 Å². The summed E-state index contributed by atoms with van der Waals surface area (Å²) in [5.41, 5.74) is 5.98. The van der Waals surface area contributed by atoms with Gasteiger partial charge in [0.1, 0.15) is 0 Å². The summed E-state index contributed by atoms with van der Waals surface area (Å²) in [6.07, 6.45) is 7.86. The third-order valence-electron chi connectivity index (χ3n) is 3.24. The molecule has 0 atom stereocenters. The fourth-order valence-electron chi connectivity index (χ4n) is 2.04. The zero-order chi connectivity index (χ0) is 10.4. The van der Waals surface area contributed by atoms with E-state index >= 15 is 0 Å². The van der Waals surface area contributed by atoms with Gasteiger partial charge < -0.3 is 10.5 Å². The van der Waals surface area contributed by atoms with Crippen LogP contribution in [0.5, 0.6) is 0 Å². The normalized spacial score (nSPS) is 22.5. The summed E-state index contributed by atoms with van der Waals surface area (Å²) in [6.45, 7) is 6.42. The van der Waals surface area contributed by atoms with Crippen molar-refractivity contribution in [3.05, 3.63) is 0 Å². The van der Waals surface area contributed by atoms with E-state index in [-0.39, 0.29) is 0 Å². The van der Waals surface area contributed by atoms with Crippen LogP contribution in [0.2, 0.25) is 0 Å². The predicted molar refractivity (Wildman–Crippen MR) is 60.3 cm³/mol. The fourth-order valence-corrected chi connectivity index (χ4v) is 2.04. The third-order valence-corrected chi connectivity index (χ3v) is 3.24. The SMILES string of the molecule is CC1(C)CCC(OCCCCN)CC1. The average Bonchev–Trinajstić information content (AvgIpc) is 2.15. The summed E-state index contributed by atoms with van der Waals surface area (Å²) in [5.74, 6) is 0. The third kappa shape index (κ3) is 4.43. The van der Waals surface area contributed by atoms with E-state index in [0.29, 0.717) is 11.5 Å². The van der Waals surface area contributed by atoms with E-state index in [9.17, 15) is 0 Å². The standard InChI is InChI=1S/C12H25NO/c1-12(2)7-5-11(6-8-12)14-10-4-3-9-13/h11H,3-10,13H2,1-2H3. The molecule has 0 radical (unpaired) electrons. The van der Waals surface area contributed by atoms with Gasteiger partial charge in [-0.25, -0.2) is 0 Å². The van der Waals surface area contributed by atoms with Crippen LogP contribution in [0.25, 0.3) is 0 Å². The summed E-state index contributed by atoms with van der Waals surface area (Å²) in [5, 5.41) is 0. The molecule has 2 heteroatoms. The van der Waals surface area contributed by atoms with Crippen LogP contribution in [-0.4, -0.2) is 19.3 Å². The maximum atomic E-state index is 5.82. The maximum absolute atomic E-state index is 5.82. The molecule has 0 aliphatic heterocycles. The maximum Gasteiger partial charge on any atom is 0.0575 e. The van der Waals surface area contributed by atoms with Gasteiger partial charge in [-0.05, 0) is 50.5 Å².